The number of carbonyl (C=O) groups excluding carboxylic acids is 3. The Morgan fingerprint density at radius 2 is 1.76 bits per heavy atom. The van der Waals surface area contributed by atoms with Gasteiger partial charge in [-0.15, -0.1) is 11.3 Å². The van der Waals surface area contributed by atoms with Gasteiger partial charge in [0, 0.05) is 17.4 Å². The van der Waals surface area contributed by atoms with E-state index < -0.39 is 41.8 Å². The molecule has 1 aliphatic heterocycles. The molecule has 54 heavy (non-hydrogen) atoms. The van der Waals surface area contributed by atoms with Crippen molar-refractivity contribution >= 4 is 40.8 Å². The van der Waals surface area contributed by atoms with Crippen LogP contribution in [-0.4, -0.2) is 69.2 Å². The predicted octanol–water partition coefficient (Wildman–Crippen LogP) is 8.40. The summed E-state index contributed by atoms with van der Waals surface area (Å²) < 4.78 is 12.4. The molecule has 0 aromatic carbocycles. The second-order valence-electron chi connectivity index (χ2n) is 17.1. The average molecular weight is 767 g/mol. The summed E-state index contributed by atoms with van der Waals surface area (Å²) in [6.45, 7) is 12.0. The molecule has 5 atom stereocenters. The maximum absolute atomic E-state index is 14.3. The van der Waals surface area contributed by atoms with Crippen LogP contribution in [0.2, 0.25) is 0 Å². The van der Waals surface area contributed by atoms with E-state index in [0.717, 1.165) is 99.1 Å². The summed E-state index contributed by atoms with van der Waals surface area (Å²) in [5.74, 6) is -0.409. The van der Waals surface area contributed by atoms with Crippen molar-refractivity contribution in [2.75, 3.05) is 6.54 Å². The molecule has 1 aromatic rings. The number of ether oxygens (including phenoxy) is 2. The number of nitrogens with two attached hydrogens (primary N) is 1. The molecule has 1 aromatic heterocycles. The molecule has 1 saturated carbocycles. The van der Waals surface area contributed by atoms with Gasteiger partial charge in [0.15, 0.2) is 0 Å². The van der Waals surface area contributed by atoms with Gasteiger partial charge in [-0.25, -0.2) is 9.78 Å². The van der Waals surface area contributed by atoms with E-state index in [4.69, 9.17) is 25.3 Å². The molecule has 3 aliphatic carbocycles. The fourth-order valence-electron chi connectivity index (χ4n) is 8.02. The maximum Gasteiger partial charge on any atom is 0.408 e. The van der Waals surface area contributed by atoms with Crippen LogP contribution in [0.4, 0.5) is 4.79 Å². The first-order valence-corrected chi connectivity index (χ1v) is 21.1. The monoisotopic (exact) mass is 766 g/mol. The largest absolute Gasteiger partial charge is 0.488 e. The molecule has 0 radical (unpaired) electrons. The van der Waals surface area contributed by atoms with E-state index in [1.807, 2.05) is 0 Å². The van der Waals surface area contributed by atoms with Crippen LogP contribution >= 0.6 is 11.3 Å². The summed E-state index contributed by atoms with van der Waals surface area (Å²) in [4.78, 5) is 57.8. The average Bonchev–Trinajstić information content (AvgIpc) is 3.49. The van der Waals surface area contributed by atoms with Crippen LogP contribution in [0, 0.1) is 11.8 Å². The lowest BCUT2D eigenvalue weighted by Crippen LogP contribution is -2.53. The predicted molar refractivity (Wildman–Crippen MR) is 211 cm³/mol. The van der Waals surface area contributed by atoms with E-state index in [9.17, 15) is 19.2 Å². The Kier molecular flexibility index (Phi) is 14.1. The number of unbranched alkanes of at least 4 members (excludes halogenated alkanes) is 4. The molecule has 1 saturated heterocycles. The normalized spacial score (nSPS) is 23.7. The first-order chi connectivity index (χ1) is 25.6. The minimum atomic E-state index is -0.895. The number of allylic oxidation sites excluding steroid dienone is 5. The van der Waals surface area contributed by atoms with Crippen molar-refractivity contribution in [1.29, 1.82) is 0 Å². The first kappa shape index (κ1) is 41.5. The van der Waals surface area contributed by atoms with Crippen LogP contribution in [0.3, 0.4) is 0 Å². The minimum Gasteiger partial charge on any atom is -0.488 e. The zero-order valence-corrected chi connectivity index (χ0v) is 34.0. The second-order valence-corrected chi connectivity index (χ2v) is 18.0. The Bertz CT molecular complexity index is 1640. The van der Waals surface area contributed by atoms with Gasteiger partial charge < -0.3 is 30.5 Å². The van der Waals surface area contributed by atoms with Gasteiger partial charge in [0.25, 0.3) is 0 Å². The number of primary amides is 1. The van der Waals surface area contributed by atoms with Crippen molar-refractivity contribution in [3.8, 4) is 0 Å². The zero-order chi connectivity index (χ0) is 39.2. The molecule has 298 valence electrons. The smallest absolute Gasteiger partial charge is 0.408 e. The van der Waals surface area contributed by atoms with Gasteiger partial charge in [0.2, 0.25) is 11.8 Å². The highest BCUT2D eigenvalue weighted by Crippen LogP contribution is 2.43. The van der Waals surface area contributed by atoms with Crippen molar-refractivity contribution in [3.63, 3.8) is 0 Å². The molecule has 5 rings (SSSR count). The summed E-state index contributed by atoms with van der Waals surface area (Å²) in [5, 5.41) is 15.1. The first-order valence-electron chi connectivity index (χ1n) is 20.2. The van der Waals surface area contributed by atoms with Gasteiger partial charge in [-0.3, -0.25) is 14.4 Å². The Labute approximate surface area is 325 Å². The topological polar surface area (TPSA) is 161 Å². The van der Waals surface area contributed by atoms with Crippen LogP contribution < -0.4 is 11.1 Å². The van der Waals surface area contributed by atoms with Crippen molar-refractivity contribution in [2.45, 2.75) is 168 Å². The molecule has 4 N–H and O–H groups in total. The number of carboxylic acid groups (broad SMARTS) is 1. The highest BCUT2D eigenvalue weighted by Gasteiger charge is 2.44. The summed E-state index contributed by atoms with van der Waals surface area (Å²) in [5.41, 5.74) is 11.3. The molecule has 2 heterocycles. The molecule has 12 heteroatoms. The third-order valence-corrected chi connectivity index (χ3v) is 12.1. The number of likely N-dealkylation sites (tertiary alicyclic amines) is 1. The van der Waals surface area contributed by atoms with Gasteiger partial charge in [-0.2, -0.15) is 0 Å². The highest BCUT2D eigenvalue weighted by molar-refractivity contribution is 7.10. The van der Waals surface area contributed by atoms with Crippen LogP contribution in [0.5, 0.6) is 0 Å². The number of hydrogen-bond donors (Lipinski definition) is 3. The molecular formula is C42H62N4O7S. The second kappa shape index (κ2) is 18.3. The van der Waals surface area contributed by atoms with Crippen molar-refractivity contribution < 1.29 is 33.8 Å². The Morgan fingerprint density at radius 1 is 1.04 bits per heavy atom. The lowest BCUT2D eigenvalue weighted by atomic mass is 9.84. The quantitative estimate of drug-likeness (QED) is 0.141. The van der Waals surface area contributed by atoms with E-state index in [1.54, 1.807) is 32.1 Å². The number of alkyl carbamates (subject to hydrolysis) is 1. The number of nitrogens with zero attached hydrogens (tertiary/aromatic N) is 2. The molecule has 3 amide bonds. The SMILES string of the molecule is CC1=C(c2nc(C(C)C)cs2)C=C(OC2CC(C(N)=O)N(C(=O)C(CCCCCCCC3CC3C(=O)O)NC(=O)OC(C)(C)C)C2)C2=C(CCCC2)CC1. The van der Waals surface area contributed by atoms with Gasteiger partial charge in [0.1, 0.15) is 34.6 Å². The van der Waals surface area contributed by atoms with E-state index in [2.05, 4.69) is 37.5 Å². The number of rotatable bonds is 16. The van der Waals surface area contributed by atoms with E-state index in [0.29, 0.717) is 24.7 Å². The van der Waals surface area contributed by atoms with Gasteiger partial charge in [-0.1, -0.05) is 57.1 Å². The molecule has 5 unspecified atom stereocenters. The van der Waals surface area contributed by atoms with Gasteiger partial charge >= 0.3 is 12.1 Å². The molecular weight excluding hydrogens is 705 g/mol. The number of aromatic nitrogens is 1. The molecule has 2 fully saturated rings. The lowest BCUT2D eigenvalue weighted by Gasteiger charge is -2.29. The maximum atomic E-state index is 14.3. The van der Waals surface area contributed by atoms with Crippen LogP contribution in [0.15, 0.2) is 33.9 Å². The Hall–Kier alpha value is -3.67. The molecule has 11 nitrogen and oxygen atoms in total. The summed E-state index contributed by atoms with van der Waals surface area (Å²) in [6.07, 6.45) is 13.9. The fourth-order valence-corrected chi connectivity index (χ4v) is 9.09. The number of nitrogens with one attached hydrogen (secondary N) is 1. The summed E-state index contributed by atoms with van der Waals surface area (Å²) in [6, 6.07) is -1.77. The number of amides is 3. The molecule has 0 spiro atoms. The van der Waals surface area contributed by atoms with Gasteiger partial charge in [-0.05, 0) is 109 Å². The zero-order valence-electron chi connectivity index (χ0n) is 33.2. The van der Waals surface area contributed by atoms with E-state index in [1.165, 1.54) is 21.6 Å². The van der Waals surface area contributed by atoms with Crippen molar-refractivity contribution in [2.24, 2.45) is 17.6 Å². The Morgan fingerprint density at radius 3 is 2.43 bits per heavy atom. The van der Waals surface area contributed by atoms with Crippen LogP contribution in [0.1, 0.15) is 154 Å². The third-order valence-electron chi connectivity index (χ3n) is 11.2. The van der Waals surface area contributed by atoms with Crippen molar-refractivity contribution in [1.82, 2.24) is 15.2 Å². The summed E-state index contributed by atoms with van der Waals surface area (Å²) in [7, 11) is 0. The summed E-state index contributed by atoms with van der Waals surface area (Å²) >= 11 is 1.65. The number of carboxylic acids is 1. The number of thiazole rings is 1. The van der Waals surface area contributed by atoms with Gasteiger partial charge in [0.05, 0.1) is 18.2 Å². The molecule has 4 aliphatic rings. The van der Waals surface area contributed by atoms with E-state index >= 15 is 0 Å². The molecule has 0 bridgehead atoms. The standard InChI is InChI=1S/C42H62N4O7S/c1-25(2)34-24-54-38(44-34)31-22-36(30-16-13-12-14-27(30)19-18-26(31)3)52-29-21-35(37(43)47)46(23-29)39(48)33(45-41(51)53-42(4,5)6)17-11-9-7-8-10-15-28-20-32(28)40(49)50/h22,24-25,28-29,32-33,35H,7-21,23H2,1-6H3,(H2,43,47)(H,45,51)(H,49,50). The van der Waals surface area contributed by atoms with Crippen LogP contribution in [-0.2, 0) is 23.9 Å². The number of carbonyl (C=O) groups is 4. The highest BCUT2D eigenvalue weighted by atomic mass is 32.1. The lowest BCUT2D eigenvalue weighted by molar-refractivity contribution is -0.139. The Balaban J connectivity index is 1.30. The van der Waals surface area contributed by atoms with Crippen LogP contribution in [0.25, 0.3) is 5.57 Å². The third kappa shape index (κ3) is 11.2. The number of hydrogen-bond acceptors (Lipinski definition) is 8. The fraction of sp³-hybridized carbons (Fsp3) is 0.690. The van der Waals surface area contributed by atoms with E-state index in [-0.39, 0.29) is 24.8 Å². The minimum absolute atomic E-state index is 0.171. The van der Waals surface area contributed by atoms with Crippen molar-refractivity contribution in [3.05, 3.63) is 44.6 Å². The number of aliphatic carboxylic acids is 1.